The summed E-state index contributed by atoms with van der Waals surface area (Å²) in [5.41, 5.74) is 0.588. The molecule has 1 saturated heterocycles. The van der Waals surface area contributed by atoms with Crippen LogP contribution in [0.1, 0.15) is 12.8 Å². The molecule has 1 aromatic rings. The van der Waals surface area contributed by atoms with Crippen LogP contribution in [-0.4, -0.2) is 36.3 Å². The summed E-state index contributed by atoms with van der Waals surface area (Å²) >= 11 is 0. The molecular formula is C13H14N2O4. The molecule has 6 nitrogen and oxygen atoms in total. The summed E-state index contributed by atoms with van der Waals surface area (Å²) in [6, 6.07) is 6.79. The molecule has 1 aromatic carbocycles. The van der Waals surface area contributed by atoms with Gasteiger partial charge in [-0.05, 0) is 24.3 Å². The second kappa shape index (κ2) is 5.51. The standard InChI is InChI=1S/C13H14N2O4/c1-19-10-4-2-9(3-5-10)14-11(16)8-15-12(17)6-7-13(15)18/h2-5H,6-8H2,1H3,(H,14,16). The van der Waals surface area contributed by atoms with Crippen LogP contribution in [0.3, 0.4) is 0 Å². The lowest BCUT2D eigenvalue weighted by molar-refractivity contribution is -0.141. The minimum absolute atomic E-state index is 0.189. The summed E-state index contributed by atoms with van der Waals surface area (Å²) in [5.74, 6) is -0.304. The van der Waals surface area contributed by atoms with Crippen molar-refractivity contribution >= 4 is 23.4 Å². The third-order valence-corrected chi connectivity index (χ3v) is 2.83. The van der Waals surface area contributed by atoms with Crippen molar-refractivity contribution in [3.8, 4) is 5.75 Å². The highest BCUT2D eigenvalue weighted by Crippen LogP contribution is 2.15. The molecule has 1 fully saturated rings. The Kier molecular flexibility index (Phi) is 3.79. The van der Waals surface area contributed by atoms with Gasteiger partial charge in [-0.1, -0.05) is 0 Å². The maximum Gasteiger partial charge on any atom is 0.244 e. The fourth-order valence-electron chi connectivity index (χ4n) is 1.82. The van der Waals surface area contributed by atoms with Crippen LogP contribution in [0.2, 0.25) is 0 Å². The van der Waals surface area contributed by atoms with E-state index in [1.807, 2.05) is 0 Å². The molecule has 3 amide bonds. The average Bonchev–Trinajstić information content (AvgIpc) is 2.71. The molecule has 0 unspecified atom stereocenters. The molecular weight excluding hydrogens is 248 g/mol. The number of nitrogens with one attached hydrogen (secondary N) is 1. The number of methoxy groups -OCH3 is 1. The number of benzene rings is 1. The van der Waals surface area contributed by atoms with Crippen molar-refractivity contribution in [3.63, 3.8) is 0 Å². The molecule has 0 saturated carbocycles. The molecule has 0 aliphatic carbocycles. The second-order valence-corrected chi connectivity index (χ2v) is 4.15. The number of anilines is 1. The molecule has 0 bridgehead atoms. The third-order valence-electron chi connectivity index (χ3n) is 2.83. The monoisotopic (exact) mass is 262 g/mol. The number of ether oxygens (including phenoxy) is 1. The Bertz CT molecular complexity index is 494. The number of likely N-dealkylation sites (tertiary alicyclic amines) is 1. The number of carbonyl (C=O) groups excluding carboxylic acids is 3. The molecule has 19 heavy (non-hydrogen) atoms. The van der Waals surface area contributed by atoms with Gasteiger partial charge in [0.1, 0.15) is 12.3 Å². The number of amides is 3. The zero-order valence-electron chi connectivity index (χ0n) is 10.5. The second-order valence-electron chi connectivity index (χ2n) is 4.15. The first-order chi connectivity index (χ1) is 9.10. The summed E-state index contributed by atoms with van der Waals surface area (Å²) in [4.78, 5) is 35.4. The highest BCUT2D eigenvalue weighted by Gasteiger charge is 2.30. The summed E-state index contributed by atoms with van der Waals surface area (Å²) in [6.45, 7) is -0.232. The zero-order chi connectivity index (χ0) is 13.8. The lowest BCUT2D eigenvalue weighted by atomic mass is 10.3. The Morgan fingerprint density at radius 2 is 1.79 bits per heavy atom. The minimum Gasteiger partial charge on any atom is -0.497 e. The summed E-state index contributed by atoms with van der Waals surface area (Å²) in [5, 5.41) is 2.62. The Balaban J connectivity index is 1.93. The van der Waals surface area contributed by atoms with Crippen molar-refractivity contribution < 1.29 is 19.1 Å². The summed E-state index contributed by atoms with van der Waals surface area (Å²) < 4.78 is 5.00. The van der Waals surface area contributed by atoms with Crippen LogP contribution in [0.5, 0.6) is 5.75 Å². The largest absolute Gasteiger partial charge is 0.497 e. The highest BCUT2D eigenvalue weighted by molar-refractivity contribution is 6.06. The molecule has 6 heteroatoms. The van der Waals surface area contributed by atoms with Gasteiger partial charge in [0.05, 0.1) is 7.11 Å². The van der Waals surface area contributed by atoms with Crippen molar-refractivity contribution in [2.45, 2.75) is 12.8 Å². The van der Waals surface area contributed by atoms with Gasteiger partial charge in [0.25, 0.3) is 0 Å². The molecule has 0 atom stereocenters. The quantitative estimate of drug-likeness (QED) is 0.814. The first-order valence-electron chi connectivity index (χ1n) is 5.87. The number of rotatable bonds is 4. The van der Waals surface area contributed by atoms with Crippen molar-refractivity contribution in [1.82, 2.24) is 4.90 Å². The molecule has 0 aromatic heterocycles. The molecule has 1 heterocycles. The van der Waals surface area contributed by atoms with Crippen LogP contribution in [0.15, 0.2) is 24.3 Å². The maximum absolute atomic E-state index is 11.7. The van der Waals surface area contributed by atoms with E-state index in [4.69, 9.17) is 4.74 Å². The molecule has 100 valence electrons. The van der Waals surface area contributed by atoms with Crippen molar-refractivity contribution in [2.24, 2.45) is 0 Å². The van der Waals surface area contributed by atoms with Gasteiger partial charge in [-0.2, -0.15) is 0 Å². The third kappa shape index (κ3) is 3.09. The normalized spacial score (nSPS) is 14.7. The molecule has 0 radical (unpaired) electrons. The number of carbonyl (C=O) groups is 3. The van der Waals surface area contributed by atoms with E-state index in [-0.39, 0.29) is 31.2 Å². The average molecular weight is 262 g/mol. The van der Waals surface area contributed by atoms with E-state index in [1.165, 1.54) is 0 Å². The maximum atomic E-state index is 11.7. The van der Waals surface area contributed by atoms with E-state index in [2.05, 4.69) is 5.32 Å². The first-order valence-corrected chi connectivity index (χ1v) is 5.87. The van der Waals surface area contributed by atoms with Crippen molar-refractivity contribution in [3.05, 3.63) is 24.3 Å². The van der Waals surface area contributed by atoms with Crippen LogP contribution in [-0.2, 0) is 14.4 Å². The first kappa shape index (κ1) is 13.1. The van der Waals surface area contributed by atoms with Gasteiger partial charge in [0.15, 0.2) is 0 Å². The number of nitrogens with zero attached hydrogens (tertiary/aromatic N) is 1. The molecule has 1 aliphatic rings. The summed E-state index contributed by atoms with van der Waals surface area (Å²) in [7, 11) is 1.55. The van der Waals surface area contributed by atoms with Gasteiger partial charge >= 0.3 is 0 Å². The van der Waals surface area contributed by atoms with Gasteiger partial charge in [-0.15, -0.1) is 0 Å². The fraction of sp³-hybridized carbons (Fsp3) is 0.308. The fourth-order valence-corrected chi connectivity index (χ4v) is 1.82. The van der Waals surface area contributed by atoms with Crippen LogP contribution in [0, 0.1) is 0 Å². The van der Waals surface area contributed by atoms with E-state index in [1.54, 1.807) is 31.4 Å². The Morgan fingerprint density at radius 3 is 2.32 bits per heavy atom. The van der Waals surface area contributed by atoms with Crippen LogP contribution >= 0.6 is 0 Å². The number of hydrogen-bond donors (Lipinski definition) is 1. The molecule has 0 spiro atoms. The van der Waals surface area contributed by atoms with E-state index in [0.717, 1.165) is 4.90 Å². The van der Waals surface area contributed by atoms with E-state index < -0.39 is 5.91 Å². The number of hydrogen-bond acceptors (Lipinski definition) is 4. The Hall–Kier alpha value is -2.37. The smallest absolute Gasteiger partial charge is 0.244 e. The van der Waals surface area contributed by atoms with Crippen LogP contribution < -0.4 is 10.1 Å². The lowest BCUT2D eigenvalue weighted by Crippen LogP contribution is -2.36. The molecule has 2 rings (SSSR count). The van der Waals surface area contributed by atoms with Crippen LogP contribution in [0.4, 0.5) is 5.69 Å². The molecule has 1 aliphatic heterocycles. The highest BCUT2D eigenvalue weighted by atomic mass is 16.5. The van der Waals surface area contributed by atoms with E-state index >= 15 is 0 Å². The Morgan fingerprint density at radius 1 is 1.21 bits per heavy atom. The minimum atomic E-state index is -0.395. The summed E-state index contributed by atoms with van der Waals surface area (Å²) in [6.07, 6.45) is 0.378. The number of imide groups is 1. The van der Waals surface area contributed by atoms with Crippen LogP contribution in [0.25, 0.3) is 0 Å². The predicted molar refractivity (Wildman–Crippen MR) is 67.6 cm³/mol. The zero-order valence-corrected chi connectivity index (χ0v) is 10.5. The van der Waals surface area contributed by atoms with Crippen molar-refractivity contribution in [2.75, 3.05) is 19.0 Å². The topological polar surface area (TPSA) is 75.7 Å². The van der Waals surface area contributed by atoms with E-state index in [0.29, 0.717) is 11.4 Å². The van der Waals surface area contributed by atoms with Gasteiger partial charge in [-0.3, -0.25) is 19.3 Å². The lowest BCUT2D eigenvalue weighted by Gasteiger charge is -2.13. The molecule has 1 N–H and O–H groups in total. The van der Waals surface area contributed by atoms with Gasteiger partial charge < -0.3 is 10.1 Å². The van der Waals surface area contributed by atoms with Gasteiger partial charge in [0, 0.05) is 18.5 Å². The van der Waals surface area contributed by atoms with Gasteiger partial charge in [-0.25, -0.2) is 0 Å². The predicted octanol–water partition coefficient (Wildman–Crippen LogP) is 0.783. The van der Waals surface area contributed by atoms with Crippen molar-refractivity contribution in [1.29, 1.82) is 0 Å². The Labute approximate surface area is 110 Å². The van der Waals surface area contributed by atoms with Gasteiger partial charge in [0.2, 0.25) is 17.7 Å². The SMILES string of the molecule is COc1ccc(NC(=O)CN2C(=O)CCC2=O)cc1. The van der Waals surface area contributed by atoms with E-state index in [9.17, 15) is 14.4 Å².